The molecule has 4 rings (SSSR count). The first kappa shape index (κ1) is 17.7. The van der Waals surface area contributed by atoms with Crippen LogP contribution in [0.2, 0.25) is 0 Å². The van der Waals surface area contributed by atoms with Crippen LogP contribution in [0.15, 0.2) is 51.4 Å². The zero-order valence-corrected chi connectivity index (χ0v) is 15.7. The lowest BCUT2D eigenvalue weighted by molar-refractivity contribution is 0.355. The molecule has 0 N–H and O–H groups in total. The van der Waals surface area contributed by atoms with Crippen molar-refractivity contribution in [3.63, 3.8) is 0 Å². The van der Waals surface area contributed by atoms with Gasteiger partial charge >= 0.3 is 0 Å². The highest BCUT2D eigenvalue weighted by Gasteiger charge is 2.16. The standard InChI is InChI=1S/C20H18N4O4/c1-12-4-6-13(7-5-12)19-21-17(28-24-19)11-18-22-23-20(27-18)14-8-9-15(25-2)16(10-14)26-3/h4-10H,11H2,1-3H3. The van der Waals surface area contributed by atoms with Crippen LogP contribution in [0.25, 0.3) is 22.8 Å². The first-order valence-corrected chi connectivity index (χ1v) is 8.60. The second kappa shape index (κ2) is 7.51. The van der Waals surface area contributed by atoms with Gasteiger partial charge in [-0.05, 0) is 25.1 Å². The lowest BCUT2D eigenvalue weighted by atomic mass is 10.1. The molecular formula is C20H18N4O4. The minimum absolute atomic E-state index is 0.249. The van der Waals surface area contributed by atoms with Crippen LogP contribution < -0.4 is 9.47 Å². The van der Waals surface area contributed by atoms with Gasteiger partial charge in [-0.25, -0.2) is 0 Å². The minimum atomic E-state index is 0.249. The van der Waals surface area contributed by atoms with Crippen LogP contribution in [0, 0.1) is 6.92 Å². The highest BCUT2D eigenvalue weighted by molar-refractivity contribution is 5.59. The van der Waals surface area contributed by atoms with Crippen molar-refractivity contribution >= 4 is 0 Å². The number of rotatable bonds is 6. The van der Waals surface area contributed by atoms with Crippen LogP contribution in [-0.4, -0.2) is 34.6 Å². The molecule has 0 aliphatic rings. The summed E-state index contributed by atoms with van der Waals surface area (Å²) in [7, 11) is 3.15. The highest BCUT2D eigenvalue weighted by Crippen LogP contribution is 2.31. The average molecular weight is 378 g/mol. The highest BCUT2D eigenvalue weighted by atomic mass is 16.5. The summed E-state index contributed by atoms with van der Waals surface area (Å²) in [6.07, 6.45) is 0.249. The summed E-state index contributed by atoms with van der Waals surface area (Å²) in [5, 5.41) is 12.2. The van der Waals surface area contributed by atoms with Crippen LogP contribution in [0.5, 0.6) is 11.5 Å². The smallest absolute Gasteiger partial charge is 0.247 e. The number of benzene rings is 2. The largest absolute Gasteiger partial charge is 0.493 e. The first-order valence-electron chi connectivity index (χ1n) is 8.60. The van der Waals surface area contributed by atoms with E-state index < -0.39 is 0 Å². The van der Waals surface area contributed by atoms with Crippen molar-refractivity contribution in [1.29, 1.82) is 0 Å². The van der Waals surface area contributed by atoms with Gasteiger partial charge in [0.25, 0.3) is 0 Å². The van der Waals surface area contributed by atoms with Gasteiger partial charge in [0.15, 0.2) is 11.5 Å². The van der Waals surface area contributed by atoms with Crippen LogP contribution >= 0.6 is 0 Å². The number of ether oxygens (including phenoxy) is 2. The van der Waals surface area contributed by atoms with E-state index in [1.54, 1.807) is 26.4 Å². The van der Waals surface area contributed by atoms with Crippen molar-refractivity contribution in [2.24, 2.45) is 0 Å². The molecule has 0 fully saturated rings. The lowest BCUT2D eigenvalue weighted by Crippen LogP contribution is -1.90. The van der Waals surface area contributed by atoms with E-state index in [-0.39, 0.29) is 6.42 Å². The summed E-state index contributed by atoms with van der Waals surface area (Å²) < 4.78 is 21.6. The second-order valence-corrected chi connectivity index (χ2v) is 6.13. The Morgan fingerprint density at radius 2 is 1.61 bits per heavy atom. The zero-order chi connectivity index (χ0) is 19.5. The lowest BCUT2D eigenvalue weighted by Gasteiger charge is -2.07. The molecule has 2 aromatic heterocycles. The molecule has 0 bridgehead atoms. The molecule has 0 saturated carbocycles. The van der Waals surface area contributed by atoms with E-state index in [1.165, 1.54) is 5.56 Å². The van der Waals surface area contributed by atoms with E-state index in [1.807, 2.05) is 37.3 Å². The number of hydrogen-bond acceptors (Lipinski definition) is 8. The summed E-state index contributed by atoms with van der Waals surface area (Å²) in [6.45, 7) is 2.02. The van der Waals surface area contributed by atoms with Gasteiger partial charge in [0.2, 0.25) is 23.5 Å². The van der Waals surface area contributed by atoms with Crippen LogP contribution in [0.1, 0.15) is 17.3 Å². The third-order valence-electron chi connectivity index (χ3n) is 4.18. The summed E-state index contributed by atoms with van der Waals surface area (Å²) in [4.78, 5) is 4.40. The summed E-state index contributed by atoms with van der Waals surface area (Å²) in [5.74, 6) is 2.88. The third kappa shape index (κ3) is 3.57. The van der Waals surface area contributed by atoms with Crippen molar-refractivity contribution in [2.45, 2.75) is 13.3 Å². The molecule has 8 nitrogen and oxygen atoms in total. The molecule has 0 atom stereocenters. The van der Waals surface area contributed by atoms with Gasteiger partial charge in [-0.15, -0.1) is 10.2 Å². The number of aryl methyl sites for hydroxylation is 1. The van der Waals surface area contributed by atoms with Crippen molar-refractivity contribution in [2.75, 3.05) is 14.2 Å². The van der Waals surface area contributed by atoms with Crippen molar-refractivity contribution < 1.29 is 18.4 Å². The van der Waals surface area contributed by atoms with Gasteiger partial charge in [-0.1, -0.05) is 35.0 Å². The molecule has 0 saturated heterocycles. The molecule has 0 spiro atoms. The second-order valence-electron chi connectivity index (χ2n) is 6.13. The summed E-state index contributed by atoms with van der Waals surface area (Å²) in [5.41, 5.74) is 2.78. The van der Waals surface area contributed by atoms with E-state index in [0.29, 0.717) is 35.0 Å². The molecule has 0 aliphatic carbocycles. The Morgan fingerprint density at radius 1 is 0.857 bits per heavy atom. The maximum atomic E-state index is 5.73. The van der Waals surface area contributed by atoms with Gasteiger partial charge in [0, 0.05) is 11.1 Å². The zero-order valence-electron chi connectivity index (χ0n) is 15.7. The van der Waals surface area contributed by atoms with Crippen molar-refractivity contribution in [3.8, 4) is 34.3 Å². The van der Waals surface area contributed by atoms with Crippen LogP contribution in [0.3, 0.4) is 0 Å². The Labute approximate surface area is 161 Å². The number of methoxy groups -OCH3 is 2. The maximum absolute atomic E-state index is 5.73. The monoisotopic (exact) mass is 378 g/mol. The van der Waals surface area contributed by atoms with E-state index in [4.69, 9.17) is 18.4 Å². The van der Waals surface area contributed by atoms with Crippen LogP contribution in [-0.2, 0) is 6.42 Å². The van der Waals surface area contributed by atoms with Crippen LogP contribution in [0.4, 0.5) is 0 Å². The fraction of sp³-hybridized carbons (Fsp3) is 0.200. The molecule has 2 heterocycles. The summed E-state index contributed by atoms with van der Waals surface area (Å²) in [6, 6.07) is 13.3. The molecule has 142 valence electrons. The molecule has 0 amide bonds. The van der Waals surface area contributed by atoms with Gasteiger partial charge < -0.3 is 18.4 Å². The maximum Gasteiger partial charge on any atom is 0.247 e. The fourth-order valence-electron chi connectivity index (χ4n) is 2.69. The molecular weight excluding hydrogens is 360 g/mol. The number of aromatic nitrogens is 4. The Hall–Kier alpha value is -3.68. The Kier molecular flexibility index (Phi) is 4.76. The van der Waals surface area contributed by atoms with E-state index >= 15 is 0 Å². The Morgan fingerprint density at radius 3 is 2.36 bits per heavy atom. The normalized spacial score (nSPS) is 10.8. The summed E-state index contributed by atoms with van der Waals surface area (Å²) >= 11 is 0. The Bertz CT molecular complexity index is 1090. The van der Waals surface area contributed by atoms with E-state index in [9.17, 15) is 0 Å². The third-order valence-corrected chi connectivity index (χ3v) is 4.18. The SMILES string of the molecule is COc1ccc(-c2nnc(Cc3nc(-c4ccc(C)cc4)no3)o2)cc1OC. The van der Waals surface area contributed by atoms with Gasteiger partial charge in [-0.2, -0.15) is 4.98 Å². The van der Waals surface area contributed by atoms with E-state index in [2.05, 4.69) is 20.3 Å². The average Bonchev–Trinajstić information content (AvgIpc) is 3.38. The predicted octanol–water partition coefficient (Wildman–Crippen LogP) is 3.70. The van der Waals surface area contributed by atoms with Gasteiger partial charge in [-0.3, -0.25) is 0 Å². The number of hydrogen-bond donors (Lipinski definition) is 0. The molecule has 0 radical (unpaired) electrons. The van der Waals surface area contributed by atoms with Gasteiger partial charge in [0.1, 0.15) is 6.42 Å². The first-order chi connectivity index (χ1) is 13.7. The van der Waals surface area contributed by atoms with Crippen molar-refractivity contribution in [3.05, 3.63) is 59.8 Å². The molecule has 0 unspecified atom stereocenters. The molecule has 8 heteroatoms. The Balaban J connectivity index is 1.52. The molecule has 2 aromatic carbocycles. The fourth-order valence-corrected chi connectivity index (χ4v) is 2.69. The minimum Gasteiger partial charge on any atom is -0.493 e. The topological polar surface area (TPSA) is 96.3 Å². The number of nitrogens with zero attached hydrogens (tertiary/aromatic N) is 4. The molecule has 0 aliphatic heterocycles. The van der Waals surface area contributed by atoms with E-state index in [0.717, 1.165) is 11.1 Å². The van der Waals surface area contributed by atoms with Gasteiger partial charge in [0.05, 0.1) is 14.2 Å². The molecule has 4 aromatic rings. The predicted molar refractivity (Wildman–Crippen MR) is 100 cm³/mol. The molecule has 28 heavy (non-hydrogen) atoms. The van der Waals surface area contributed by atoms with Crippen molar-refractivity contribution in [1.82, 2.24) is 20.3 Å². The quantitative estimate of drug-likeness (QED) is 0.501.